The largest absolute Gasteiger partial charge is 0.513 e. The van der Waals surface area contributed by atoms with Gasteiger partial charge in [-0.2, -0.15) is 13.9 Å². The first-order valence-electron chi connectivity index (χ1n) is 19.3. The van der Waals surface area contributed by atoms with Crippen LogP contribution in [-0.2, 0) is 20.5 Å². The van der Waals surface area contributed by atoms with Crippen molar-refractivity contribution in [2.75, 3.05) is 6.61 Å². The molecule has 0 aliphatic rings. The maximum absolute atomic E-state index is 14.8. The highest BCUT2D eigenvalue weighted by Crippen LogP contribution is 2.48. The normalized spacial score (nSPS) is 13.1. The second-order valence-corrected chi connectivity index (χ2v) is 15.5. The predicted molar refractivity (Wildman–Crippen MR) is 198 cm³/mol. The second kappa shape index (κ2) is 24.1. The van der Waals surface area contributed by atoms with Gasteiger partial charge in [0.05, 0.1) is 6.61 Å². The number of unbranched alkanes of at least 4 members (excludes halogenated alkanes) is 12. The van der Waals surface area contributed by atoms with E-state index in [9.17, 15) is 40.1 Å². The molecule has 0 fully saturated rings. The lowest BCUT2D eigenvalue weighted by Crippen LogP contribution is -2.40. The smallest absolute Gasteiger partial charge is 0.464 e. The molecule has 3 aromatic rings. The minimum atomic E-state index is -5.33. The number of ether oxygens (including phenoxy) is 1. The van der Waals surface area contributed by atoms with Gasteiger partial charge in [0, 0.05) is 6.07 Å². The van der Waals surface area contributed by atoms with Gasteiger partial charge in [-0.15, -0.1) is 0 Å². The van der Waals surface area contributed by atoms with Gasteiger partial charge in [0.1, 0.15) is 23.4 Å². The molecule has 3 aromatic carbocycles. The van der Waals surface area contributed by atoms with Crippen LogP contribution in [-0.4, -0.2) is 18.6 Å². The monoisotopic (exact) mass is 803 g/mol. The molecule has 0 saturated heterocycles. The summed E-state index contributed by atoms with van der Waals surface area (Å²) in [6, 6.07) is 7.50. The summed E-state index contributed by atoms with van der Waals surface area (Å²) in [5.41, 5.74) is -0.114. The fourth-order valence-corrected chi connectivity index (χ4v) is 7.73. The molecule has 0 aromatic heterocycles. The SMILES string of the molecule is CCCCCCCCCC(CCCCCCCCC)COC(=O)[C@H](Cc1cc(F)cc(F)c1)NP(=O)(Oc1ccccc1)Oc1c(F)c(F)c(F)c(F)c1F. The van der Waals surface area contributed by atoms with Gasteiger partial charge in [-0.25, -0.2) is 26.5 Å². The van der Waals surface area contributed by atoms with Crippen LogP contribution in [0.25, 0.3) is 0 Å². The van der Waals surface area contributed by atoms with Crippen LogP contribution in [0.3, 0.4) is 0 Å². The van der Waals surface area contributed by atoms with Gasteiger partial charge >= 0.3 is 13.7 Å². The molecule has 0 heterocycles. The molecule has 306 valence electrons. The third-order valence-electron chi connectivity index (χ3n) is 9.20. The molecule has 0 amide bonds. The Balaban J connectivity index is 1.88. The zero-order valence-corrected chi connectivity index (χ0v) is 32.5. The number of carbonyl (C=O) groups excluding carboxylic acids is 1. The summed E-state index contributed by atoms with van der Waals surface area (Å²) in [5.74, 6) is -17.4. The van der Waals surface area contributed by atoms with Crippen molar-refractivity contribution in [2.24, 2.45) is 5.92 Å². The number of benzene rings is 3. The van der Waals surface area contributed by atoms with Crippen LogP contribution in [0.5, 0.6) is 11.5 Å². The Morgan fingerprint density at radius 1 is 0.636 bits per heavy atom. The Morgan fingerprint density at radius 3 is 1.62 bits per heavy atom. The average Bonchev–Trinajstić information content (AvgIpc) is 3.15. The number of hydrogen-bond acceptors (Lipinski definition) is 5. The van der Waals surface area contributed by atoms with Gasteiger partial charge in [-0.1, -0.05) is 122 Å². The first kappa shape index (κ1) is 45.8. The highest BCUT2D eigenvalue weighted by molar-refractivity contribution is 7.52. The molecule has 55 heavy (non-hydrogen) atoms. The van der Waals surface area contributed by atoms with E-state index in [1.54, 1.807) is 6.07 Å². The lowest BCUT2D eigenvalue weighted by molar-refractivity contribution is -0.147. The van der Waals surface area contributed by atoms with E-state index in [2.05, 4.69) is 18.9 Å². The first-order valence-corrected chi connectivity index (χ1v) is 20.9. The Hall–Kier alpha value is -3.57. The highest BCUT2D eigenvalue weighted by Gasteiger charge is 2.40. The summed E-state index contributed by atoms with van der Waals surface area (Å²) in [4.78, 5) is 13.8. The minimum Gasteiger partial charge on any atom is -0.464 e. The van der Waals surface area contributed by atoms with E-state index in [1.807, 2.05) is 0 Å². The van der Waals surface area contributed by atoms with Crippen molar-refractivity contribution < 1.29 is 53.9 Å². The Kier molecular flexibility index (Phi) is 20.1. The molecule has 0 aliphatic carbocycles. The molecule has 2 atom stereocenters. The van der Waals surface area contributed by atoms with E-state index in [4.69, 9.17) is 13.8 Å². The van der Waals surface area contributed by atoms with E-state index in [1.165, 1.54) is 49.9 Å². The summed E-state index contributed by atoms with van der Waals surface area (Å²) in [6.45, 7) is 4.26. The minimum absolute atomic E-state index is 0.0421. The number of hydrogen-bond donors (Lipinski definition) is 1. The number of halogens is 7. The third kappa shape index (κ3) is 15.8. The lowest BCUT2D eigenvalue weighted by Gasteiger charge is -2.26. The highest BCUT2D eigenvalue weighted by atomic mass is 31.2. The molecular formula is C41H53F7NO5P. The summed E-state index contributed by atoms with van der Waals surface area (Å²) in [5, 5.41) is 2.22. The van der Waals surface area contributed by atoms with E-state index in [0.29, 0.717) is 6.07 Å². The topological polar surface area (TPSA) is 73.9 Å². The summed E-state index contributed by atoms with van der Waals surface area (Å²) >= 11 is 0. The molecule has 14 heteroatoms. The lowest BCUT2D eigenvalue weighted by atomic mass is 9.94. The molecule has 0 bridgehead atoms. The van der Waals surface area contributed by atoms with Gasteiger partial charge in [-0.3, -0.25) is 4.79 Å². The van der Waals surface area contributed by atoms with Crippen molar-refractivity contribution in [3.8, 4) is 11.5 Å². The van der Waals surface area contributed by atoms with Crippen molar-refractivity contribution in [3.05, 3.63) is 94.8 Å². The third-order valence-corrected chi connectivity index (χ3v) is 10.7. The van der Waals surface area contributed by atoms with Gasteiger partial charge in [-0.05, 0) is 55.0 Å². The molecule has 6 nitrogen and oxygen atoms in total. The van der Waals surface area contributed by atoms with E-state index >= 15 is 0 Å². The fraction of sp³-hybridized carbons (Fsp3) is 0.537. The van der Waals surface area contributed by atoms with Gasteiger partial charge in [0.15, 0.2) is 0 Å². The summed E-state index contributed by atoms with van der Waals surface area (Å²) in [6.07, 6.45) is 16.2. The van der Waals surface area contributed by atoms with Crippen LogP contribution in [0.1, 0.15) is 122 Å². The van der Waals surface area contributed by atoms with Crippen molar-refractivity contribution >= 4 is 13.7 Å². The van der Waals surface area contributed by atoms with Crippen LogP contribution < -0.4 is 14.1 Å². The van der Waals surface area contributed by atoms with Crippen molar-refractivity contribution in [3.63, 3.8) is 0 Å². The van der Waals surface area contributed by atoms with Crippen LogP contribution in [0, 0.1) is 46.6 Å². The molecule has 0 spiro atoms. The van der Waals surface area contributed by atoms with Gasteiger partial charge in [0.2, 0.25) is 34.8 Å². The maximum Gasteiger partial charge on any atom is 0.513 e. The van der Waals surface area contributed by atoms with Gasteiger partial charge < -0.3 is 13.8 Å². The molecule has 0 saturated carbocycles. The molecule has 1 N–H and O–H groups in total. The molecular weight excluding hydrogens is 750 g/mol. The average molecular weight is 804 g/mol. The Labute approximate surface area is 320 Å². The van der Waals surface area contributed by atoms with Crippen LogP contribution >= 0.6 is 7.75 Å². The van der Waals surface area contributed by atoms with Crippen LogP contribution in [0.4, 0.5) is 30.7 Å². The van der Waals surface area contributed by atoms with E-state index < -0.39 is 72.6 Å². The summed E-state index contributed by atoms with van der Waals surface area (Å²) < 4.78 is 131. The quantitative estimate of drug-likeness (QED) is 0.0207. The zero-order chi connectivity index (χ0) is 40.2. The van der Waals surface area contributed by atoms with Crippen molar-refractivity contribution in [1.29, 1.82) is 0 Å². The maximum atomic E-state index is 14.8. The standard InChI is InChI=1S/C41H53F7NO5P/c1-3-5-7-9-11-13-16-20-29(21-17-14-12-10-8-6-4-2)28-52-41(50)34(26-30-24-31(42)27-32(43)25-30)49-55(51,53-33-22-18-15-19-23-33)54-40-38(47)36(45)35(44)37(46)39(40)48/h15,18-19,22-25,27,29,34H,3-14,16-17,20-21,26,28H2,1-2H3,(H,49,51)/t34-,55?/m0/s1. The van der Waals surface area contributed by atoms with Crippen LogP contribution in [0.15, 0.2) is 48.5 Å². The number of para-hydroxylation sites is 1. The Bertz CT molecular complexity index is 1600. The first-order chi connectivity index (χ1) is 26.4. The van der Waals surface area contributed by atoms with Gasteiger partial charge in [0.25, 0.3) is 0 Å². The number of rotatable bonds is 27. The number of esters is 1. The van der Waals surface area contributed by atoms with E-state index in [-0.39, 0.29) is 23.8 Å². The molecule has 0 radical (unpaired) electrons. The van der Waals surface area contributed by atoms with Crippen molar-refractivity contribution in [1.82, 2.24) is 5.09 Å². The number of nitrogens with one attached hydrogen (secondary N) is 1. The fourth-order valence-electron chi connectivity index (χ4n) is 6.21. The predicted octanol–water partition coefficient (Wildman–Crippen LogP) is 12.9. The summed E-state index contributed by atoms with van der Waals surface area (Å²) in [7, 11) is -5.33. The molecule has 3 rings (SSSR count). The van der Waals surface area contributed by atoms with Crippen molar-refractivity contribution in [2.45, 2.75) is 129 Å². The molecule has 0 aliphatic heterocycles. The zero-order valence-electron chi connectivity index (χ0n) is 31.6. The second-order valence-electron chi connectivity index (χ2n) is 13.9. The number of carbonyl (C=O) groups is 1. The van der Waals surface area contributed by atoms with Crippen LogP contribution in [0.2, 0.25) is 0 Å². The van der Waals surface area contributed by atoms with E-state index in [0.717, 1.165) is 89.2 Å². The molecule has 1 unspecified atom stereocenters. The Morgan fingerprint density at radius 2 is 1.11 bits per heavy atom.